The molecular weight excluding hydrogens is 467 g/mol. The van der Waals surface area contributed by atoms with E-state index in [1.165, 1.54) is 10.6 Å². The van der Waals surface area contributed by atoms with E-state index in [9.17, 15) is 37.6 Å². The number of nitrogens with zero attached hydrogens (tertiary/aromatic N) is 2. The molecule has 1 aliphatic carbocycles. The van der Waals surface area contributed by atoms with Crippen LogP contribution in [-0.4, -0.2) is 65.8 Å². The lowest BCUT2D eigenvalue weighted by atomic mass is 9.85. The predicted molar refractivity (Wildman–Crippen MR) is 117 cm³/mol. The number of amides is 4. The Morgan fingerprint density at radius 3 is 2.60 bits per heavy atom. The number of halogens is 3. The van der Waals surface area contributed by atoms with E-state index < -0.39 is 137 Å². The number of hydrogen-bond acceptors (Lipinski definition) is 5. The van der Waals surface area contributed by atoms with Gasteiger partial charge in [0.15, 0.2) is 0 Å². The van der Waals surface area contributed by atoms with Crippen LogP contribution in [0.1, 0.15) is 78.5 Å². The summed E-state index contributed by atoms with van der Waals surface area (Å²) in [5, 5.41) is 13.3. The first kappa shape index (κ1) is 9.56. The number of nitrogens with one attached hydrogen (secondary N) is 3. The Bertz CT molecular complexity index is 1730. The van der Waals surface area contributed by atoms with E-state index in [0.29, 0.717) is 0 Å². The highest BCUT2D eigenvalue weighted by Crippen LogP contribution is 2.65. The summed E-state index contributed by atoms with van der Waals surface area (Å²) in [6.45, 7) is -26.3. The third-order valence-electron chi connectivity index (χ3n) is 5.47. The third kappa shape index (κ3) is 5.23. The van der Waals surface area contributed by atoms with Crippen molar-refractivity contribution in [1.82, 2.24) is 20.9 Å². The van der Waals surface area contributed by atoms with Gasteiger partial charge in [-0.15, -0.1) is 0 Å². The molecule has 0 spiro atoms. The number of alkyl halides is 3. The smallest absolute Gasteiger partial charge is 0.356 e. The minimum Gasteiger partial charge on any atom is -0.356 e. The largest absolute Gasteiger partial charge is 0.471 e. The summed E-state index contributed by atoms with van der Waals surface area (Å²) >= 11 is 0. The first-order valence-corrected chi connectivity index (χ1v) is 9.46. The first-order chi connectivity index (χ1) is 25.2. The molecule has 0 aromatic heterocycles. The molecule has 35 heavy (non-hydrogen) atoms. The lowest BCUT2D eigenvalue weighted by Gasteiger charge is -2.37. The van der Waals surface area contributed by atoms with Crippen LogP contribution in [0.15, 0.2) is 0 Å². The zero-order valence-corrected chi connectivity index (χ0v) is 17.2. The van der Waals surface area contributed by atoms with Crippen LogP contribution in [0.25, 0.3) is 0 Å². The number of carbonyl (C=O) groups excluding carboxylic acids is 4. The van der Waals surface area contributed by atoms with Crippen LogP contribution in [0, 0.1) is 39.9 Å². The van der Waals surface area contributed by atoms with Crippen molar-refractivity contribution in [3.05, 3.63) is 0 Å². The average molecular weight is 523 g/mol. The second-order valence-corrected chi connectivity index (χ2v) is 7.83. The topological polar surface area (TPSA) is 131 Å². The van der Waals surface area contributed by atoms with Gasteiger partial charge in [-0.2, -0.15) is 18.4 Å². The minimum absolute atomic E-state index is 0.232. The zero-order valence-electron chi connectivity index (χ0n) is 40.2. The van der Waals surface area contributed by atoms with Crippen LogP contribution in [0.4, 0.5) is 13.2 Å². The molecule has 4 amide bonds. The van der Waals surface area contributed by atoms with Crippen molar-refractivity contribution in [1.29, 1.82) is 5.26 Å². The van der Waals surface area contributed by atoms with Gasteiger partial charge in [-0.3, -0.25) is 19.2 Å². The highest BCUT2D eigenvalue weighted by atomic mass is 19.4. The van der Waals surface area contributed by atoms with Crippen molar-refractivity contribution >= 4 is 23.6 Å². The van der Waals surface area contributed by atoms with Gasteiger partial charge in [0.05, 0.1) is 7.44 Å². The van der Waals surface area contributed by atoms with Gasteiger partial charge in [0.25, 0.3) is 0 Å². The molecule has 3 N–H and O–H groups in total. The first-order valence-electron chi connectivity index (χ1n) is 21.0. The average Bonchev–Trinajstić information content (AvgIpc) is 3.46. The van der Waals surface area contributed by atoms with Gasteiger partial charge in [0.2, 0.25) is 17.7 Å². The van der Waals surface area contributed by atoms with Crippen LogP contribution in [0.3, 0.4) is 0 Å². The summed E-state index contributed by atoms with van der Waals surface area (Å²) in [5.41, 5.74) is -7.88. The molecule has 0 aromatic carbocycles. The van der Waals surface area contributed by atoms with Crippen LogP contribution < -0.4 is 16.0 Å². The summed E-state index contributed by atoms with van der Waals surface area (Å²) in [5.74, 6) is -18.9. The minimum atomic E-state index is -6.13. The van der Waals surface area contributed by atoms with E-state index in [0.717, 1.165) is 11.4 Å². The summed E-state index contributed by atoms with van der Waals surface area (Å²) in [4.78, 5) is 53.6. The van der Waals surface area contributed by atoms with Gasteiger partial charge < -0.3 is 20.9 Å². The van der Waals surface area contributed by atoms with Gasteiger partial charge in [-0.05, 0) is 35.4 Å². The standard InChI is InChI=1S/C23H32F3N5O4/c1-21(2,3)16(30-20(35)23(24,25)26)19(34)31-10-13-14(22(13,4)5)15(31)18(33)29-12(9-27)8-11-6-7-28-17(11)32/h11-16H,6-8,10H2,1-5H3,(H,28,32)(H,29,33)(H,30,35)/t11-,12-,13-,14-,15-,16+/m0/s1/i1D3,2D3,3D3,4D3,5D3,6D2,7D2,8D2,11D,12D. The van der Waals surface area contributed by atoms with Gasteiger partial charge in [0, 0.05) is 49.1 Å². The quantitative estimate of drug-likeness (QED) is 0.481. The number of rotatable bonds is 6. The summed E-state index contributed by atoms with van der Waals surface area (Å²) in [6.07, 6.45) is -14.6. The molecule has 0 radical (unpaired) electrons. The fourth-order valence-corrected chi connectivity index (χ4v) is 3.77. The van der Waals surface area contributed by atoms with Crippen LogP contribution in [0.2, 0.25) is 0 Å². The number of likely N-dealkylation sites (tertiary alicyclic amines) is 1. The Kier molecular flexibility index (Phi) is 2.45. The highest BCUT2D eigenvalue weighted by molar-refractivity contribution is 5.95. The molecule has 9 nitrogen and oxygen atoms in total. The van der Waals surface area contributed by atoms with Crippen molar-refractivity contribution in [2.45, 2.75) is 71.3 Å². The summed E-state index contributed by atoms with van der Waals surface area (Å²) in [7, 11) is 0. The Labute approximate surface area is 234 Å². The molecule has 1 saturated carbocycles. The van der Waals surface area contributed by atoms with E-state index >= 15 is 0 Å². The van der Waals surface area contributed by atoms with Gasteiger partial charge in [0.1, 0.15) is 18.1 Å². The molecule has 12 heteroatoms. The van der Waals surface area contributed by atoms with E-state index in [4.69, 9.17) is 31.5 Å². The molecule has 0 aromatic rings. The van der Waals surface area contributed by atoms with Crippen LogP contribution >= 0.6 is 0 Å². The summed E-state index contributed by atoms with van der Waals surface area (Å²) < 4.78 is 226. The van der Waals surface area contributed by atoms with E-state index in [1.54, 1.807) is 0 Å². The molecule has 2 heterocycles. The number of nitriles is 1. The fourth-order valence-electron chi connectivity index (χ4n) is 3.77. The number of piperidine rings is 1. The number of fused-ring (bicyclic) bond motifs is 1. The highest BCUT2D eigenvalue weighted by Gasteiger charge is 2.70. The molecule has 2 aliphatic heterocycles. The molecule has 3 rings (SSSR count). The predicted octanol–water partition coefficient (Wildman–Crippen LogP) is 1.10. The van der Waals surface area contributed by atoms with Gasteiger partial charge in [-0.1, -0.05) is 34.3 Å². The molecule has 0 unspecified atom stereocenters. The van der Waals surface area contributed by atoms with Crippen molar-refractivity contribution in [2.75, 3.05) is 13.0 Å². The van der Waals surface area contributed by atoms with E-state index in [2.05, 4.69) is 0 Å². The Hall–Kier alpha value is -2.84. The van der Waals surface area contributed by atoms with Crippen molar-refractivity contribution in [3.63, 3.8) is 0 Å². The fraction of sp³-hybridized carbons (Fsp3) is 0.783. The molecular formula is C23H32F3N5O4. The zero-order chi connectivity index (χ0) is 46.2. The third-order valence-corrected chi connectivity index (χ3v) is 5.47. The molecule has 194 valence electrons. The molecule has 6 atom stereocenters. The van der Waals surface area contributed by atoms with Crippen molar-refractivity contribution < 1.29 is 63.9 Å². The van der Waals surface area contributed by atoms with E-state index in [-0.39, 0.29) is 4.90 Å². The molecule has 2 saturated heterocycles. The summed E-state index contributed by atoms with van der Waals surface area (Å²) in [6, 6.07) is -10.4. The Morgan fingerprint density at radius 2 is 2.09 bits per heavy atom. The van der Waals surface area contributed by atoms with Crippen molar-refractivity contribution in [3.8, 4) is 6.07 Å². The normalized spacial score (nSPS) is 46.7. The maximum absolute atomic E-state index is 14.5. The van der Waals surface area contributed by atoms with Crippen LogP contribution in [-0.2, 0) is 19.2 Å². The van der Waals surface area contributed by atoms with Gasteiger partial charge in [-0.25, -0.2) is 0 Å². The van der Waals surface area contributed by atoms with Crippen LogP contribution in [0.5, 0.6) is 0 Å². The number of carbonyl (C=O) groups is 4. The number of hydrogen-bond donors (Lipinski definition) is 3. The second kappa shape index (κ2) is 8.99. The monoisotopic (exact) mass is 522 g/mol. The lowest BCUT2D eigenvalue weighted by Crippen LogP contribution is -2.61. The molecule has 0 bridgehead atoms. The Balaban J connectivity index is 2.41. The van der Waals surface area contributed by atoms with E-state index in [1.807, 2.05) is 0 Å². The van der Waals surface area contributed by atoms with Crippen molar-refractivity contribution in [2.24, 2.45) is 28.6 Å². The molecule has 3 aliphatic rings. The SMILES string of the molecule is [2H]C([2H])([2H])C1(C([2H])([2H])[2H])[C@@H]2[C@@H](C(=O)N[C@]([2H])(C#N)C([2H])([2H])[C@@]3([2H])C(=O)NC([2H])([2H])C3([2H])[2H])N(C(=O)[C@@H](NC(=O)C(F)(F)F)C(C([2H])([2H])[2H])(C([2H])([2H])[2H])C([2H])([2H])[2H])C[C@@H]21. The van der Waals surface area contributed by atoms with Gasteiger partial charge >= 0.3 is 12.1 Å². The maximum atomic E-state index is 14.5. The maximum Gasteiger partial charge on any atom is 0.471 e. The molecule has 3 fully saturated rings. The Morgan fingerprint density at radius 1 is 1.40 bits per heavy atom. The lowest BCUT2D eigenvalue weighted by molar-refractivity contribution is -0.176. The second-order valence-electron chi connectivity index (χ2n) is 7.83.